The van der Waals surface area contributed by atoms with Crippen molar-refractivity contribution in [2.75, 3.05) is 19.8 Å². The summed E-state index contributed by atoms with van der Waals surface area (Å²) in [6.45, 7) is 7.75. The molecule has 0 spiro atoms. The van der Waals surface area contributed by atoms with Crippen LogP contribution in [0.5, 0.6) is 0 Å². The van der Waals surface area contributed by atoms with Gasteiger partial charge >= 0.3 is 8.80 Å². The van der Waals surface area contributed by atoms with Crippen LogP contribution in [0.2, 0.25) is 6.04 Å². The summed E-state index contributed by atoms with van der Waals surface area (Å²) in [4.78, 5) is 0. The molecule has 8 heteroatoms. The smallest absolute Gasteiger partial charge is 0.374 e. The Morgan fingerprint density at radius 1 is 0.840 bits per heavy atom. The predicted molar refractivity (Wildman–Crippen MR) is 123 cm³/mol. The Morgan fingerprint density at radius 3 is 1.76 bits per heavy atom. The molecule has 0 unspecified atom stereocenters. The standard InChI is InChI=1S/C17H36O3S4Si/c1-4-18-25(19-5-2,20-6-3)14-10-13-16(21,22)17(23,24)15-11-8-7-9-12-15/h15,21-24H,4-14H2,1-3H3. The first kappa shape index (κ1) is 24.5. The van der Waals surface area contributed by atoms with Crippen LogP contribution in [-0.4, -0.2) is 36.8 Å². The molecule has 1 fully saturated rings. The van der Waals surface area contributed by atoms with Crippen LogP contribution in [-0.2, 0) is 13.3 Å². The second kappa shape index (κ2) is 11.5. The third kappa shape index (κ3) is 7.11. The molecule has 1 saturated carbocycles. The Hall–Kier alpha value is 1.50. The summed E-state index contributed by atoms with van der Waals surface area (Å²) in [5.74, 6) is 0.440. The van der Waals surface area contributed by atoms with Gasteiger partial charge in [-0.2, -0.15) is 50.5 Å². The highest BCUT2D eigenvalue weighted by Crippen LogP contribution is 2.53. The van der Waals surface area contributed by atoms with Gasteiger partial charge in [-0.15, -0.1) is 0 Å². The van der Waals surface area contributed by atoms with E-state index in [1.165, 1.54) is 19.3 Å². The molecule has 0 aromatic heterocycles. The lowest BCUT2D eigenvalue weighted by Crippen LogP contribution is -2.47. The average Bonchev–Trinajstić information content (AvgIpc) is 2.56. The topological polar surface area (TPSA) is 27.7 Å². The SMILES string of the molecule is CCO[Si](CCCC(S)(S)C(S)(S)C1CCCCC1)(OCC)OCC. The van der Waals surface area contributed by atoms with Crippen molar-refractivity contribution in [3.8, 4) is 0 Å². The van der Waals surface area contributed by atoms with Gasteiger partial charge in [0.1, 0.15) is 0 Å². The molecular formula is C17H36O3S4Si. The van der Waals surface area contributed by atoms with Crippen LogP contribution in [0.1, 0.15) is 65.7 Å². The van der Waals surface area contributed by atoms with E-state index in [0.29, 0.717) is 25.7 Å². The lowest BCUT2D eigenvalue weighted by Gasteiger charge is -2.45. The summed E-state index contributed by atoms with van der Waals surface area (Å²) in [5, 5.41) is 0. The largest absolute Gasteiger partial charge is 0.500 e. The molecule has 0 saturated heterocycles. The van der Waals surface area contributed by atoms with Crippen LogP contribution in [0.15, 0.2) is 0 Å². The first-order valence-electron chi connectivity index (χ1n) is 9.56. The molecule has 3 nitrogen and oxygen atoms in total. The molecule has 0 aliphatic heterocycles. The molecule has 0 N–H and O–H groups in total. The van der Waals surface area contributed by atoms with Gasteiger partial charge in [-0.1, -0.05) is 19.3 Å². The first-order chi connectivity index (χ1) is 11.7. The molecule has 25 heavy (non-hydrogen) atoms. The molecule has 1 aliphatic rings. The van der Waals surface area contributed by atoms with Crippen LogP contribution in [0, 0.1) is 5.92 Å². The predicted octanol–water partition coefficient (Wildman–Crippen LogP) is 5.51. The molecule has 0 radical (unpaired) electrons. The fraction of sp³-hybridized carbons (Fsp3) is 1.00. The van der Waals surface area contributed by atoms with E-state index in [2.05, 4.69) is 0 Å². The van der Waals surface area contributed by atoms with Gasteiger partial charge in [0.2, 0.25) is 0 Å². The molecule has 0 aromatic carbocycles. The van der Waals surface area contributed by atoms with Crippen molar-refractivity contribution in [1.82, 2.24) is 0 Å². The third-order valence-electron chi connectivity index (χ3n) is 4.86. The van der Waals surface area contributed by atoms with E-state index in [1.807, 2.05) is 20.8 Å². The van der Waals surface area contributed by atoms with Gasteiger partial charge in [0, 0.05) is 25.9 Å². The highest BCUT2D eigenvalue weighted by Gasteiger charge is 2.48. The van der Waals surface area contributed by atoms with Gasteiger partial charge < -0.3 is 13.3 Å². The fourth-order valence-corrected chi connectivity index (χ4v) is 7.60. The van der Waals surface area contributed by atoms with Gasteiger partial charge in [0.25, 0.3) is 0 Å². The minimum atomic E-state index is -2.61. The monoisotopic (exact) mass is 444 g/mol. The molecule has 0 bridgehead atoms. The van der Waals surface area contributed by atoms with Crippen molar-refractivity contribution in [2.45, 2.75) is 79.9 Å². The molecule has 1 aliphatic carbocycles. The van der Waals surface area contributed by atoms with Gasteiger partial charge in [-0.3, -0.25) is 0 Å². The Bertz CT molecular complexity index is 360. The lowest BCUT2D eigenvalue weighted by atomic mass is 9.84. The summed E-state index contributed by atoms with van der Waals surface area (Å²) in [6, 6.07) is 0.772. The zero-order chi connectivity index (χ0) is 19.0. The summed E-state index contributed by atoms with van der Waals surface area (Å²) >= 11 is 19.6. The van der Waals surface area contributed by atoms with E-state index in [9.17, 15) is 0 Å². The molecule has 0 atom stereocenters. The molecule has 0 heterocycles. The summed E-state index contributed by atoms with van der Waals surface area (Å²) in [5.41, 5.74) is 0. The van der Waals surface area contributed by atoms with Crippen molar-refractivity contribution in [3.63, 3.8) is 0 Å². The zero-order valence-electron chi connectivity index (χ0n) is 15.9. The van der Waals surface area contributed by atoms with Crippen LogP contribution in [0.25, 0.3) is 0 Å². The molecule has 1 rings (SSSR count). The minimum Gasteiger partial charge on any atom is -0.374 e. The fourth-order valence-electron chi connectivity index (χ4n) is 3.57. The van der Waals surface area contributed by atoms with Gasteiger partial charge in [0.15, 0.2) is 0 Å². The van der Waals surface area contributed by atoms with Crippen LogP contribution in [0.3, 0.4) is 0 Å². The normalized spacial score (nSPS) is 17.9. The van der Waals surface area contributed by atoms with E-state index in [0.717, 1.165) is 31.7 Å². The molecule has 150 valence electrons. The van der Waals surface area contributed by atoms with Crippen molar-refractivity contribution in [3.05, 3.63) is 0 Å². The Kier molecular flexibility index (Phi) is 11.3. The molecule has 0 amide bonds. The quantitative estimate of drug-likeness (QED) is 0.182. The second-order valence-corrected chi connectivity index (χ2v) is 13.1. The molecule has 0 aromatic rings. The number of hydrogen-bond acceptors (Lipinski definition) is 7. The van der Waals surface area contributed by atoms with Gasteiger partial charge in [0.05, 0.1) is 8.16 Å². The zero-order valence-corrected chi connectivity index (χ0v) is 20.4. The summed E-state index contributed by atoms with van der Waals surface area (Å²) < 4.78 is 16.7. The summed E-state index contributed by atoms with van der Waals surface area (Å²) in [7, 11) is -2.61. The maximum atomic E-state index is 5.93. The Morgan fingerprint density at radius 2 is 1.32 bits per heavy atom. The maximum Gasteiger partial charge on any atom is 0.500 e. The van der Waals surface area contributed by atoms with E-state index in [1.54, 1.807) is 0 Å². The number of rotatable bonds is 12. The van der Waals surface area contributed by atoms with E-state index in [4.69, 9.17) is 63.8 Å². The highest BCUT2D eigenvalue weighted by atomic mass is 32.2. The van der Waals surface area contributed by atoms with Crippen LogP contribution < -0.4 is 0 Å². The Balaban J connectivity index is 2.68. The maximum absolute atomic E-state index is 5.93. The van der Waals surface area contributed by atoms with Gasteiger partial charge in [-0.25, -0.2) is 0 Å². The van der Waals surface area contributed by atoms with Crippen molar-refractivity contribution in [2.24, 2.45) is 5.92 Å². The second-order valence-electron chi connectivity index (χ2n) is 6.71. The first-order valence-corrected chi connectivity index (χ1v) is 13.3. The third-order valence-corrected chi connectivity index (χ3v) is 11.4. The Labute approximate surface area is 177 Å². The van der Waals surface area contributed by atoms with Crippen LogP contribution >= 0.6 is 50.5 Å². The van der Waals surface area contributed by atoms with Crippen molar-refractivity contribution < 1.29 is 13.3 Å². The number of hydrogen-bond donors (Lipinski definition) is 4. The highest BCUT2D eigenvalue weighted by molar-refractivity contribution is 8.08. The van der Waals surface area contributed by atoms with Crippen molar-refractivity contribution in [1.29, 1.82) is 0 Å². The van der Waals surface area contributed by atoms with E-state index >= 15 is 0 Å². The van der Waals surface area contributed by atoms with Crippen LogP contribution in [0.4, 0.5) is 0 Å². The summed E-state index contributed by atoms with van der Waals surface area (Å²) in [6.07, 6.45) is 7.78. The van der Waals surface area contributed by atoms with E-state index < -0.39 is 17.0 Å². The van der Waals surface area contributed by atoms with E-state index in [-0.39, 0.29) is 0 Å². The number of thiol groups is 4. The minimum absolute atomic E-state index is 0.440. The average molecular weight is 445 g/mol. The van der Waals surface area contributed by atoms with Gasteiger partial charge in [-0.05, 0) is 52.4 Å². The lowest BCUT2D eigenvalue weighted by molar-refractivity contribution is 0.0706. The van der Waals surface area contributed by atoms with Crippen molar-refractivity contribution >= 4 is 59.3 Å². The molecular weight excluding hydrogens is 409 g/mol.